The third-order valence-corrected chi connectivity index (χ3v) is 6.87. The Balaban J connectivity index is 1.46. The molecule has 12 heteroatoms. The fraction of sp³-hybridized carbons (Fsp3) is 0.414. The van der Waals surface area contributed by atoms with Gasteiger partial charge in [-0.25, -0.2) is 14.2 Å². The van der Waals surface area contributed by atoms with Crippen LogP contribution in [-0.2, 0) is 4.74 Å². The van der Waals surface area contributed by atoms with Gasteiger partial charge < -0.3 is 24.1 Å². The first kappa shape index (κ1) is 28.1. The summed E-state index contributed by atoms with van der Waals surface area (Å²) in [5.41, 5.74) is 2.04. The number of hydrogen-bond acceptors (Lipinski definition) is 8. The molecule has 1 N–H and O–H groups in total. The van der Waals surface area contributed by atoms with Crippen LogP contribution in [0.5, 0.6) is 5.75 Å². The molecule has 1 aliphatic rings. The molecule has 5 rings (SSSR count). The highest BCUT2D eigenvalue weighted by Crippen LogP contribution is 2.34. The summed E-state index contributed by atoms with van der Waals surface area (Å²) >= 11 is 0. The Morgan fingerprint density at radius 2 is 1.71 bits per heavy atom. The molecule has 1 fully saturated rings. The number of fused-ring (bicyclic) bond motifs is 2. The number of aromatic nitrogens is 4. The standard InChI is InChI=1S/C29H34FN7O4/c1-16-12-36-15-19(10-22(40-7)26(36)33-16)34-27(38)20-11-21(30)25(24-23(20)31-8-9-32-24)35-13-17(2)37(18(3)14-35)28(39)41-29(4,5)6/h8-12,15,17-18H,13-14H2,1-7H3,(H,34,38)/t17-,18+. The summed E-state index contributed by atoms with van der Waals surface area (Å²) < 4.78 is 28.7. The number of aryl methyl sites for hydroxylation is 1. The zero-order valence-electron chi connectivity index (χ0n) is 24.2. The minimum Gasteiger partial charge on any atom is -0.493 e. The number of nitrogens with one attached hydrogen (secondary N) is 1. The summed E-state index contributed by atoms with van der Waals surface area (Å²) in [5.74, 6) is -0.668. The second-order valence-corrected chi connectivity index (χ2v) is 11.4. The van der Waals surface area contributed by atoms with Crippen LogP contribution in [0.15, 0.2) is 36.9 Å². The zero-order chi connectivity index (χ0) is 29.6. The van der Waals surface area contributed by atoms with Gasteiger partial charge in [0.15, 0.2) is 11.4 Å². The van der Waals surface area contributed by atoms with Gasteiger partial charge in [-0.1, -0.05) is 0 Å². The molecule has 2 amide bonds. The summed E-state index contributed by atoms with van der Waals surface area (Å²) in [4.78, 5) is 43.1. The molecule has 0 unspecified atom stereocenters. The van der Waals surface area contributed by atoms with E-state index in [0.717, 1.165) is 5.69 Å². The Labute approximate surface area is 237 Å². The van der Waals surface area contributed by atoms with Gasteiger partial charge in [-0.3, -0.25) is 19.7 Å². The van der Waals surface area contributed by atoms with Crippen molar-refractivity contribution in [3.63, 3.8) is 0 Å². The van der Waals surface area contributed by atoms with Crippen molar-refractivity contribution < 1.29 is 23.5 Å². The smallest absolute Gasteiger partial charge is 0.410 e. The maximum Gasteiger partial charge on any atom is 0.410 e. The first-order valence-electron chi connectivity index (χ1n) is 13.4. The molecule has 41 heavy (non-hydrogen) atoms. The SMILES string of the molecule is COc1cc(NC(=O)c2cc(F)c(N3C[C@@H](C)N(C(=O)OC(C)(C)C)[C@@H](C)C3)c3nccnc23)cn2cc(C)nc12. The van der Waals surface area contributed by atoms with Gasteiger partial charge in [-0.2, -0.15) is 0 Å². The lowest BCUT2D eigenvalue weighted by Crippen LogP contribution is -2.59. The van der Waals surface area contributed by atoms with Gasteiger partial charge in [0.05, 0.1) is 36.1 Å². The number of carbonyl (C=O) groups excluding carboxylic acids is 2. The number of amides is 2. The van der Waals surface area contributed by atoms with E-state index in [1.807, 2.05) is 52.6 Å². The third kappa shape index (κ3) is 5.46. The summed E-state index contributed by atoms with van der Waals surface area (Å²) in [6.45, 7) is 11.8. The summed E-state index contributed by atoms with van der Waals surface area (Å²) in [7, 11) is 1.52. The molecular formula is C29H34FN7O4. The lowest BCUT2D eigenvalue weighted by Gasteiger charge is -2.45. The molecule has 11 nitrogen and oxygen atoms in total. The van der Waals surface area contributed by atoms with E-state index in [1.165, 1.54) is 25.6 Å². The molecule has 1 saturated heterocycles. The molecule has 4 heterocycles. The molecule has 0 bridgehead atoms. The van der Waals surface area contributed by atoms with E-state index < -0.39 is 23.4 Å². The number of anilines is 2. The van der Waals surface area contributed by atoms with Crippen molar-refractivity contribution in [2.75, 3.05) is 30.4 Å². The van der Waals surface area contributed by atoms with Gasteiger partial charge in [-0.05, 0) is 47.6 Å². The van der Waals surface area contributed by atoms with Gasteiger partial charge in [0.25, 0.3) is 5.91 Å². The van der Waals surface area contributed by atoms with Crippen molar-refractivity contribution in [2.45, 2.75) is 59.2 Å². The van der Waals surface area contributed by atoms with Gasteiger partial charge >= 0.3 is 6.09 Å². The first-order valence-corrected chi connectivity index (χ1v) is 13.4. The number of imidazole rings is 1. The Bertz CT molecular complexity index is 1640. The van der Waals surface area contributed by atoms with E-state index in [9.17, 15) is 9.59 Å². The fourth-order valence-corrected chi connectivity index (χ4v) is 5.35. The van der Waals surface area contributed by atoms with E-state index in [4.69, 9.17) is 9.47 Å². The largest absolute Gasteiger partial charge is 0.493 e. The van der Waals surface area contributed by atoms with Crippen molar-refractivity contribution in [1.29, 1.82) is 0 Å². The number of carbonyl (C=O) groups is 2. The van der Waals surface area contributed by atoms with Crippen molar-refractivity contribution in [1.82, 2.24) is 24.3 Å². The van der Waals surface area contributed by atoms with E-state index >= 15 is 4.39 Å². The summed E-state index contributed by atoms with van der Waals surface area (Å²) in [5, 5.41) is 2.83. The lowest BCUT2D eigenvalue weighted by atomic mass is 10.0. The van der Waals surface area contributed by atoms with Crippen LogP contribution in [-0.4, -0.2) is 74.1 Å². The number of rotatable bonds is 4. The molecule has 2 atom stereocenters. The molecule has 216 valence electrons. The Hall–Kier alpha value is -4.48. The van der Waals surface area contributed by atoms with Crippen LogP contribution in [0, 0.1) is 12.7 Å². The molecule has 0 saturated carbocycles. The minimum atomic E-state index is -0.628. The molecular weight excluding hydrogens is 529 g/mol. The van der Waals surface area contributed by atoms with E-state index in [-0.39, 0.29) is 34.4 Å². The summed E-state index contributed by atoms with van der Waals surface area (Å²) in [6.07, 6.45) is 6.05. The Morgan fingerprint density at radius 1 is 1.05 bits per heavy atom. The van der Waals surface area contributed by atoms with Gasteiger partial charge in [0.1, 0.15) is 28.1 Å². The summed E-state index contributed by atoms with van der Waals surface area (Å²) in [6, 6.07) is 2.32. The Kier molecular flexibility index (Phi) is 7.18. The molecule has 0 aliphatic carbocycles. The molecule has 4 aromatic rings. The van der Waals surface area contributed by atoms with Gasteiger partial charge in [-0.15, -0.1) is 0 Å². The second kappa shape index (κ2) is 10.5. The highest BCUT2D eigenvalue weighted by atomic mass is 19.1. The average Bonchev–Trinajstić information content (AvgIpc) is 3.26. The number of nitrogens with zero attached hydrogens (tertiary/aromatic N) is 6. The highest BCUT2D eigenvalue weighted by Gasteiger charge is 2.37. The van der Waals surface area contributed by atoms with Crippen molar-refractivity contribution in [3.05, 3.63) is 54.0 Å². The number of pyridine rings is 1. The van der Waals surface area contributed by atoms with Gasteiger partial charge in [0, 0.05) is 43.9 Å². The lowest BCUT2D eigenvalue weighted by molar-refractivity contribution is 0.00564. The van der Waals surface area contributed by atoms with Crippen LogP contribution in [0.2, 0.25) is 0 Å². The van der Waals surface area contributed by atoms with Crippen molar-refractivity contribution in [3.8, 4) is 5.75 Å². The van der Waals surface area contributed by atoms with Crippen molar-refractivity contribution >= 4 is 40.1 Å². The predicted octanol–water partition coefficient (Wildman–Crippen LogP) is 4.82. The molecule has 0 spiro atoms. The molecule has 1 aromatic carbocycles. The van der Waals surface area contributed by atoms with Crippen LogP contribution in [0.25, 0.3) is 16.7 Å². The molecule has 1 aliphatic heterocycles. The van der Waals surface area contributed by atoms with E-state index in [0.29, 0.717) is 30.2 Å². The average molecular weight is 564 g/mol. The number of halogens is 1. The third-order valence-electron chi connectivity index (χ3n) is 6.87. The first-order chi connectivity index (χ1) is 19.4. The van der Waals surface area contributed by atoms with Crippen LogP contribution >= 0.6 is 0 Å². The molecule has 3 aromatic heterocycles. The predicted molar refractivity (Wildman–Crippen MR) is 153 cm³/mol. The maximum atomic E-state index is 15.9. The van der Waals surface area contributed by atoms with Crippen LogP contribution in [0.3, 0.4) is 0 Å². The normalized spacial score (nSPS) is 17.7. The highest BCUT2D eigenvalue weighted by molar-refractivity contribution is 6.13. The number of methoxy groups -OCH3 is 1. The number of benzene rings is 1. The second-order valence-electron chi connectivity index (χ2n) is 11.4. The zero-order valence-corrected chi connectivity index (χ0v) is 24.2. The van der Waals surface area contributed by atoms with Crippen LogP contribution in [0.4, 0.5) is 20.6 Å². The van der Waals surface area contributed by atoms with E-state index in [2.05, 4.69) is 20.3 Å². The molecule has 0 radical (unpaired) electrons. The maximum absolute atomic E-state index is 15.9. The van der Waals surface area contributed by atoms with E-state index in [1.54, 1.807) is 21.6 Å². The van der Waals surface area contributed by atoms with Crippen LogP contribution in [0.1, 0.15) is 50.7 Å². The quantitative estimate of drug-likeness (QED) is 0.376. The number of piperazine rings is 1. The van der Waals surface area contributed by atoms with Crippen LogP contribution < -0.4 is 15.0 Å². The van der Waals surface area contributed by atoms with Crippen molar-refractivity contribution in [2.24, 2.45) is 0 Å². The van der Waals surface area contributed by atoms with Gasteiger partial charge in [0.2, 0.25) is 0 Å². The Morgan fingerprint density at radius 3 is 2.34 bits per heavy atom. The fourth-order valence-electron chi connectivity index (χ4n) is 5.35. The minimum absolute atomic E-state index is 0.0451. The number of hydrogen-bond donors (Lipinski definition) is 1. The number of ether oxygens (including phenoxy) is 2. The topological polar surface area (TPSA) is 114 Å². The monoisotopic (exact) mass is 563 g/mol.